The molecular weight excluding hydrogens is 208 g/mol. The van der Waals surface area contributed by atoms with Gasteiger partial charge in [-0.25, -0.2) is 0 Å². The molecule has 1 aromatic carbocycles. The van der Waals surface area contributed by atoms with Crippen LogP contribution in [0.1, 0.15) is 6.92 Å². The minimum atomic E-state index is 0.237. The third kappa shape index (κ3) is 4.46. The molecule has 0 amide bonds. The second-order valence-corrected chi connectivity index (χ2v) is 3.72. The van der Waals surface area contributed by atoms with Gasteiger partial charge in [0.2, 0.25) is 0 Å². The topological polar surface area (TPSA) is 44.3 Å². The van der Waals surface area contributed by atoms with Crippen molar-refractivity contribution in [3.05, 3.63) is 36.4 Å². The molecule has 0 aromatic heterocycles. The van der Waals surface area contributed by atoms with Crippen LogP contribution in [0.25, 0.3) is 0 Å². The van der Waals surface area contributed by atoms with Gasteiger partial charge in [-0.05, 0) is 43.4 Å². The molecule has 3 nitrogen and oxygen atoms in total. The van der Waals surface area contributed by atoms with E-state index in [1.165, 1.54) is 0 Å². The molecule has 0 spiro atoms. The lowest BCUT2D eigenvalue weighted by Crippen LogP contribution is -2.29. The van der Waals surface area contributed by atoms with Crippen LogP contribution in [0.2, 0.25) is 0 Å². The van der Waals surface area contributed by atoms with Crippen LogP contribution in [0, 0.1) is 0 Å². The van der Waals surface area contributed by atoms with E-state index in [0.717, 1.165) is 11.3 Å². The minimum Gasteiger partial charge on any atom is -0.508 e. The van der Waals surface area contributed by atoms with Crippen LogP contribution in [0.3, 0.4) is 0 Å². The van der Waals surface area contributed by atoms with Crippen molar-refractivity contribution < 1.29 is 5.11 Å². The van der Waals surface area contributed by atoms with Crippen molar-refractivity contribution in [2.45, 2.75) is 6.92 Å². The van der Waals surface area contributed by atoms with E-state index in [-0.39, 0.29) is 5.75 Å². The molecule has 0 saturated heterocycles. The lowest BCUT2D eigenvalue weighted by atomic mass is 10.3. The predicted molar refractivity (Wildman–Crippen MR) is 67.1 cm³/mol. The summed E-state index contributed by atoms with van der Waals surface area (Å²) in [5, 5.41) is 15.6. The van der Waals surface area contributed by atoms with E-state index in [0.29, 0.717) is 11.7 Å². The van der Waals surface area contributed by atoms with E-state index < -0.39 is 0 Å². The largest absolute Gasteiger partial charge is 0.508 e. The maximum Gasteiger partial charge on any atom is 0.171 e. The number of phenolic OH excluding ortho intramolecular Hbond substituents is 1. The number of aromatic hydroxyl groups is 1. The average molecular weight is 222 g/mol. The van der Waals surface area contributed by atoms with Gasteiger partial charge >= 0.3 is 0 Å². The molecule has 0 aliphatic heterocycles. The summed E-state index contributed by atoms with van der Waals surface area (Å²) in [6.45, 7) is 6.35. The molecular formula is C11H14N2OS. The second kappa shape index (κ2) is 5.36. The number of nitrogens with one attached hydrogen (secondary N) is 2. The van der Waals surface area contributed by atoms with Crippen molar-refractivity contribution in [3.8, 4) is 5.75 Å². The smallest absolute Gasteiger partial charge is 0.171 e. The van der Waals surface area contributed by atoms with Crippen molar-refractivity contribution in [3.63, 3.8) is 0 Å². The molecule has 1 rings (SSSR count). The van der Waals surface area contributed by atoms with Crippen LogP contribution in [-0.4, -0.2) is 16.8 Å². The van der Waals surface area contributed by atoms with Gasteiger partial charge in [0, 0.05) is 12.2 Å². The fraction of sp³-hybridized carbons (Fsp3) is 0.182. The normalized spacial score (nSPS) is 9.40. The SMILES string of the molecule is C=C(C)CNC(=S)Nc1ccc(O)cc1. The van der Waals surface area contributed by atoms with E-state index in [9.17, 15) is 0 Å². The fourth-order valence-electron chi connectivity index (χ4n) is 0.951. The van der Waals surface area contributed by atoms with Gasteiger partial charge in [-0.1, -0.05) is 12.2 Å². The van der Waals surface area contributed by atoms with Crippen molar-refractivity contribution >= 4 is 23.0 Å². The molecule has 0 fully saturated rings. The summed E-state index contributed by atoms with van der Waals surface area (Å²) in [7, 11) is 0. The first-order valence-corrected chi connectivity index (χ1v) is 4.97. The van der Waals surface area contributed by atoms with E-state index in [2.05, 4.69) is 17.2 Å². The van der Waals surface area contributed by atoms with Crippen LogP contribution < -0.4 is 10.6 Å². The van der Waals surface area contributed by atoms with Crippen LogP contribution in [0.15, 0.2) is 36.4 Å². The Morgan fingerprint density at radius 3 is 2.53 bits per heavy atom. The number of hydrogen-bond acceptors (Lipinski definition) is 2. The summed E-state index contributed by atoms with van der Waals surface area (Å²) >= 11 is 5.06. The van der Waals surface area contributed by atoms with Crippen LogP contribution >= 0.6 is 12.2 Å². The van der Waals surface area contributed by atoms with Crippen LogP contribution in [-0.2, 0) is 0 Å². The Kier molecular flexibility index (Phi) is 4.12. The van der Waals surface area contributed by atoms with E-state index in [1.54, 1.807) is 24.3 Å². The van der Waals surface area contributed by atoms with Gasteiger partial charge in [0.05, 0.1) is 0 Å². The first-order chi connectivity index (χ1) is 7.08. The molecule has 15 heavy (non-hydrogen) atoms. The zero-order valence-corrected chi connectivity index (χ0v) is 9.40. The molecule has 0 saturated carbocycles. The molecule has 80 valence electrons. The molecule has 1 aromatic rings. The summed E-state index contributed by atoms with van der Waals surface area (Å²) < 4.78 is 0. The maximum absolute atomic E-state index is 9.08. The highest BCUT2D eigenvalue weighted by Crippen LogP contribution is 2.13. The first-order valence-electron chi connectivity index (χ1n) is 4.56. The highest BCUT2D eigenvalue weighted by molar-refractivity contribution is 7.80. The van der Waals surface area contributed by atoms with Gasteiger partial charge in [0.1, 0.15) is 5.75 Å². The highest BCUT2D eigenvalue weighted by Gasteiger charge is 1.96. The van der Waals surface area contributed by atoms with Crippen LogP contribution in [0.4, 0.5) is 5.69 Å². The van der Waals surface area contributed by atoms with Crippen molar-refractivity contribution in [2.75, 3.05) is 11.9 Å². The molecule has 0 unspecified atom stereocenters. The van der Waals surface area contributed by atoms with Gasteiger partial charge in [0.15, 0.2) is 5.11 Å². The average Bonchev–Trinajstić information content (AvgIpc) is 2.19. The second-order valence-electron chi connectivity index (χ2n) is 3.31. The van der Waals surface area contributed by atoms with Gasteiger partial charge in [-0.15, -0.1) is 0 Å². The Morgan fingerprint density at radius 2 is 2.00 bits per heavy atom. The lowest BCUT2D eigenvalue weighted by Gasteiger charge is -2.10. The number of phenols is 1. The van der Waals surface area contributed by atoms with Gasteiger partial charge in [-0.2, -0.15) is 0 Å². The molecule has 0 heterocycles. The molecule has 0 bridgehead atoms. The van der Waals surface area contributed by atoms with Gasteiger partial charge in [0.25, 0.3) is 0 Å². The standard InChI is InChI=1S/C11H14N2OS/c1-8(2)7-12-11(15)13-9-3-5-10(14)6-4-9/h3-6,14H,1,7H2,2H3,(H2,12,13,15). The quantitative estimate of drug-likeness (QED) is 0.417. The summed E-state index contributed by atoms with van der Waals surface area (Å²) in [5.74, 6) is 0.237. The zero-order chi connectivity index (χ0) is 11.3. The molecule has 0 aliphatic rings. The first kappa shape index (κ1) is 11.5. The van der Waals surface area contributed by atoms with E-state index >= 15 is 0 Å². The monoisotopic (exact) mass is 222 g/mol. The summed E-state index contributed by atoms with van der Waals surface area (Å²) in [4.78, 5) is 0. The molecule has 4 heteroatoms. The third-order valence-electron chi connectivity index (χ3n) is 1.68. The Bertz CT molecular complexity index is 359. The van der Waals surface area contributed by atoms with Crippen LogP contribution in [0.5, 0.6) is 5.75 Å². The number of benzene rings is 1. The minimum absolute atomic E-state index is 0.237. The maximum atomic E-state index is 9.08. The van der Waals surface area contributed by atoms with Gasteiger partial charge < -0.3 is 15.7 Å². The third-order valence-corrected chi connectivity index (χ3v) is 1.92. The number of anilines is 1. The Labute approximate surface area is 94.8 Å². The van der Waals surface area contributed by atoms with Crippen molar-refractivity contribution in [1.82, 2.24) is 5.32 Å². The Balaban J connectivity index is 2.44. The molecule has 0 aliphatic carbocycles. The highest BCUT2D eigenvalue weighted by atomic mass is 32.1. The number of hydrogen-bond donors (Lipinski definition) is 3. The van der Waals surface area contributed by atoms with E-state index in [1.807, 2.05) is 6.92 Å². The molecule has 3 N–H and O–H groups in total. The summed E-state index contributed by atoms with van der Waals surface area (Å²) in [6, 6.07) is 6.71. The molecule has 0 radical (unpaired) electrons. The van der Waals surface area contributed by atoms with Crippen molar-refractivity contribution in [2.24, 2.45) is 0 Å². The zero-order valence-electron chi connectivity index (χ0n) is 8.58. The van der Waals surface area contributed by atoms with E-state index in [4.69, 9.17) is 17.3 Å². The van der Waals surface area contributed by atoms with Crippen molar-refractivity contribution in [1.29, 1.82) is 0 Å². The number of rotatable bonds is 3. The number of thiocarbonyl (C=S) groups is 1. The lowest BCUT2D eigenvalue weighted by molar-refractivity contribution is 0.475. The Morgan fingerprint density at radius 1 is 1.40 bits per heavy atom. The Hall–Kier alpha value is -1.55. The summed E-state index contributed by atoms with van der Waals surface area (Å²) in [6.07, 6.45) is 0. The summed E-state index contributed by atoms with van der Waals surface area (Å²) in [5.41, 5.74) is 1.86. The predicted octanol–water partition coefficient (Wildman–Crippen LogP) is 2.25. The van der Waals surface area contributed by atoms with Gasteiger partial charge in [-0.3, -0.25) is 0 Å². The fourth-order valence-corrected chi connectivity index (χ4v) is 1.14. The molecule has 0 atom stereocenters.